The van der Waals surface area contributed by atoms with E-state index in [0.717, 1.165) is 62.4 Å². The zero-order valence-electron chi connectivity index (χ0n) is 15.0. The van der Waals surface area contributed by atoms with E-state index in [1.165, 1.54) is 31.2 Å². The summed E-state index contributed by atoms with van der Waals surface area (Å²) in [5.74, 6) is 2.28. The quantitative estimate of drug-likeness (QED) is 0.806. The zero-order valence-corrected chi connectivity index (χ0v) is 15.8. The largest absolute Gasteiger partial charge is 0.342 e. The van der Waals surface area contributed by atoms with Crippen molar-refractivity contribution < 1.29 is 4.79 Å². The first-order valence-corrected chi connectivity index (χ1v) is 10.3. The fourth-order valence-electron chi connectivity index (χ4n) is 5.03. The van der Waals surface area contributed by atoms with Crippen LogP contribution >= 0.6 is 11.6 Å². The molecule has 4 heteroatoms. The van der Waals surface area contributed by atoms with Gasteiger partial charge in [-0.25, -0.2) is 0 Å². The van der Waals surface area contributed by atoms with Gasteiger partial charge in [0.1, 0.15) is 0 Å². The summed E-state index contributed by atoms with van der Waals surface area (Å²) in [6.07, 6.45) is 7.44. The molecule has 2 aliphatic heterocycles. The van der Waals surface area contributed by atoms with Crippen molar-refractivity contribution in [2.45, 2.75) is 45.1 Å². The molecule has 1 saturated carbocycles. The van der Waals surface area contributed by atoms with Crippen LogP contribution in [0.4, 0.5) is 0 Å². The van der Waals surface area contributed by atoms with E-state index >= 15 is 0 Å². The molecule has 2 saturated heterocycles. The molecule has 1 aromatic carbocycles. The van der Waals surface area contributed by atoms with Crippen LogP contribution in [-0.4, -0.2) is 41.9 Å². The Kier molecular flexibility index (Phi) is 5.33. The van der Waals surface area contributed by atoms with Gasteiger partial charge < -0.3 is 4.90 Å². The summed E-state index contributed by atoms with van der Waals surface area (Å²) in [5.41, 5.74) is 1.30. The molecule has 3 aliphatic rings. The molecule has 25 heavy (non-hydrogen) atoms. The van der Waals surface area contributed by atoms with E-state index in [1.807, 2.05) is 12.1 Å². The minimum atomic E-state index is 0.252. The fourth-order valence-corrected chi connectivity index (χ4v) is 5.16. The lowest BCUT2D eigenvalue weighted by Gasteiger charge is -2.33. The number of benzene rings is 1. The Morgan fingerprint density at radius 3 is 2.16 bits per heavy atom. The zero-order chi connectivity index (χ0) is 17.2. The molecular weight excluding hydrogens is 332 g/mol. The van der Waals surface area contributed by atoms with E-state index < -0.39 is 0 Å². The topological polar surface area (TPSA) is 23.6 Å². The molecule has 2 atom stereocenters. The molecule has 2 unspecified atom stereocenters. The van der Waals surface area contributed by atoms with Gasteiger partial charge in [-0.05, 0) is 68.3 Å². The number of fused-ring (bicyclic) bond motifs is 1. The standard InChI is InChI=1S/C21H29ClN2O/c22-20-7-5-16(6-8-20)13-23-11-9-17(10-12-23)21(25)24-14-18-3-1-2-4-19(18)15-24/h5-8,17-19H,1-4,9-15H2. The van der Waals surface area contributed by atoms with Crippen molar-refractivity contribution in [3.63, 3.8) is 0 Å². The van der Waals surface area contributed by atoms with Gasteiger partial charge in [0.05, 0.1) is 0 Å². The number of piperidine rings is 1. The predicted octanol–water partition coefficient (Wildman–Crippen LogP) is 4.20. The third-order valence-electron chi connectivity index (χ3n) is 6.54. The third kappa shape index (κ3) is 4.03. The van der Waals surface area contributed by atoms with Crippen LogP contribution in [0.25, 0.3) is 0 Å². The van der Waals surface area contributed by atoms with E-state index in [1.54, 1.807) is 0 Å². The number of likely N-dealkylation sites (tertiary alicyclic amines) is 2. The molecule has 1 amide bonds. The van der Waals surface area contributed by atoms with Crippen molar-refractivity contribution in [1.82, 2.24) is 9.80 Å². The summed E-state index contributed by atoms with van der Waals surface area (Å²) in [5, 5.41) is 0.791. The SMILES string of the molecule is O=C(C1CCN(Cc2ccc(Cl)cc2)CC1)N1CC2CCCCC2C1. The summed E-state index contributed by atoms with van der Waals surface area (Å²) < 4.78 is 0. The molecule has 136 valence electrons. The minimum Gasteiger partial charge on any atom is -0.342 e. The van der Waals surface area contributed by atoms with Gasteiger partial charge in [0.15, 0.2) is 0 Å². The first-order valence-electron chi connectivity index (χ1n) is 9.94. The van der Waals surface area contributed by atoms with Gasteiger partial charge in [0.2, 0.25) is 5.91 Å². The summed E-state index contributed by atoms with van der Waals surface area (Å²) in [6, 6.07) is 8.12. The summed E-state index contributed by atoms with van der Waals surface area (Å²) in [4.78, 5) is 17.6. The Bertz CT molecular complexity index is 580. The number of carbonyl (C=O) groups is 1. The summed E-state index contributed by atoms with van der Waals surface area (Å²) in [6.45, 7) is 5.09. The van der Waals surface area contributed by atoms with Crippen LogP contribution in [0.1, 0.15) is 44.1 Å². The van der Waals surface area contributed by atoms with E-state index in [-0.39, 0.29) is 5.92 Å². The van der Waals surface area contributed by atoms with Crippen LogP contribution in [0.5, 0.6) is 0 Å². The van der Waals surface area contributed by atoms with Crippen LogP contribution < -0.4 is 0 Å². The monoisotopic (exact) mass is 360 g/mol. The smallest absolute Gasteiger partial charge is 0.225 e. The van der Waals surface area contributed by atoms with Gasteiger partial charge in [-0.1, -0.05) is 36.6 Å². The van der Waals surface area contributed by atoms with E-state index in [9.17, 15) is 4.79 Å². The maximum Gasteiger partial charge on any atom is 0.225 e. The van der Waals surface area contributed by atoms with Gasteiger partial charge in [0, 0.05) is 30.6 Å². The molecule has 0 spiro atoms. The molecule has 0 N–H and O–H groups in total. The van der Waals surface area contributed by atoms with E-state index in [2.05, 4.69) is 21.9 Å². The van der Waals surface area contributed by atoms with Crippen LogP contribution in [0.15, 0.2) is 24.3 Å². The maximum absolute atomic E-state index is 12.9. The number of hydrogen-bond acceptors (Lipinski definition) is 2. The highest BCUT2D eigenvalue weighted by atomic mass is 35.5. The van der Waals surface area contributed by atoms with Gasteiger partial charge >= 0.3 is 0 Å². The van der Waals surface area contributed by atoms with Crippen molar-refractivity contribution in [2.75, 3.05) is 26.2 Å². The minimum absolute atomic E-state index is 0.252. The average Bonchev–Trinajstić information content (AvgIpc) is 3.08. The van der Waals surface area contributed by atoms with Crippen molar-refractivity contribution in [3.05, 3.63) is 34.9 Å². The van der Waals surface area contributed by atoms with Gasteiger partial charge in [-0.3, -0.25) is 9.69 Å². The van der Waals surface area contributed by atoms with E-state index in [4.69, 9.17) is 11.6 Å². The number of halogens is 1. The second-order valence-electron chi connectivity index (χ2n) is 8.22. The lowest BCUT2D eigenvalue weighted by atomic mass is 9.82. The molecule has 1 aliphatic carbocycles. The molecule has 0 bridgehead atoms. The highest BCUT2D eigenvalue weighted by Gasteiger charge is 2.38. The van der Waals surface area contributed by atoms with Crippen LogP contribution in [0.3, 0.4) is 0 Å². The number of rotatable bonds is 3. The average molecular weight is 361 g/mol. The Morgan fingerprint density at radius 2 is 1.56 bits per heavy atom. The number of carbonyl (C=O) groups excluding carboxylic acids is 1. The molecular formula is C21H29ClN2O. The fraction of sp³-hybridized carbons (Fsp3) is 0.667. The molecule has 2 heterocycles. The highest BCUT2D eigenvalue weighted by molar-refractivity contribution is 6.30. The lowest BCUT2D eigenvalue weighted by molar-refractivity contribution is -0.136. The molecule has 0 radical (unpaired) electrons. The number of nitrogens with zero attached hydrogens (tertiary/aromatic N) is 2. The van der Waals surface area contributed by atoms with Crippen LogP contribution in [0, 0.1) is 17.8 Å². The number of hydrogen-bond donors (Lipinski definition) is 0. The van der Waals surface area contributed by atoms with Crippen molar-refractivity contribution >= 4 is 17.5 Å². The lowest BCUT2D eigenvalue weighted by Crippen LogP contribution is -2.41. The maximum atomic E-state index is 12.9. The second-order valence-corrected chi connectivity index (χ2v) is 8.66. The van der Waals surface area contributed by atoms with Crippen LogP contribution in [0.2, 0.25) is 5.02 Å². The molecule has 0 aromatic heterocycles. The molecule has 3 nitrogen and oxygen atoms in total. The normalized spacial score (nSPS) is 28.1. The summed E-state index contributed by atoms with van der Waals surface area (Å²) in [7, 11) is 0. The third-order valence-corrected chi connectivity index (χ3v) is 6.80. The van der Waals surface area contributed by atoms with E-state index in [0.29, 0.717) is 5.91 Å². The highest BCUT2D eigenvalue weighted by Crippen LogP contribution is 2.37. The second kappa shape index (κ2) is 7.67. The van der Waals surface area contributed by atoms with Gasteiger partial charge in [-0.15, -0.1) is 0 Å². The van der Waals surface area contributed by atoms with Crippen molar-refractivity contribution in [1.29, 1.82) is 0 Å². The predicted molar refractivity (Wildman–Crippen MR) is 101 cm³/mol. The first kappa shape index (κ1) is 17.4. The summed E-state index contributed by atoms with van der Waals surface area (Å²) >= 11 is 5.96. The first-order chi connectivity index (χ1) is 12.2. The van der Waals surface area contributed by atoms with Crippen molar-refractivity contribution in [2.24, 2.45) is 17.8 Å². The molecule has 4 rings (SSSR count). The Morgan fingerprint density at radius 1 is 0.960 bits per heavy atom. The van der Waals surface area contributed by atoms with Crippen LogP contribution in [-0.2, 0) is 11.3 Å². The molecule has 1 aromatic rings. The Hall–Kier alpha value is -1.06. The Labute approximate surface area is 156 Å². The van der Waals surface area contributed by atoms with Gasteiger partial charge in [0.25, 0.3) is 0 Å². The Balaban J connectivity index is 1.27. The molecule has 3 fully saturated rings. The van der Waals surface area contributed by atoms with Crippen molar-refractivity contribution in [3.8, 4) is 0 Å². The number of amides is 1. The van der Waals surface area contributed by atoms with Gasteiger partial charge in [-0.2, -0.15) is 0 Å².